The van der Waals surface area contributed by atoms with Gasteiger partial charge in [-0.25, -0.2) is 0 Å². The molecule has 1 N–H and O–H groups in total. The van der Waals surface area contributed by atoms with Crippen molar-refractivity contribution in [1.29, 1.82) is 0 Å². The molecule has 2 aromatic rings. The second-order valence-electron chi connectivity index (χ2n) is 9.14. The minimum absolute atomic E-state index is 0.113. The topological polar surface area (TPSA) is 77.1 Å². The third-order valence-electron chi connectivity index (χ3n) is 6.22. The molecule has 0 aromatic heterocycles. The van der Waals surface area contributed by atoms with E-state index in [2.05, 4.69) is 5.32 Å². The van der Waals surface area contributed by atoms with E-state index in [0.29, 0.717) is 35.7 Å². The first-order valence-corrected chi connectivity index (χ1v) is 12.0. The number of hydrogen-bond acceptors (Lipinski definition) is 5. The van der Waals surface area contributed by atoms with Crippen molar-refractivity contribution in [2.24, 2.45) is 5.92 Å². The number of fused-ring (bicyclic) bond motifs is 1. The maximum atomic E-state index is 13.6. The van der Waals surface area contributed by atoms with Gasteiger partial charge in [0.05, 0.1) is 31.9 Å². The fourth-order valence-corrected chi connectivity index (χ4v) is 4.40. The van der Waals surface area contributed by atoms with Crippen LogP contribution in [0.4, 0.5) is 0 Å². The summed E-state index contributed by atoms with van der Waals surface area (Å²) in [5.41, 5.74) is 1.28. The average Bonchev–Trinajstić information content (AvgIpc) is 2.84. The Hall–Kier alpha value is -3.48. The SMILES string of the molecule is COc1ccc([C@H]2C/C=C\C[C@H](C)Oc3ccccc3C(=O)N(C)[C@@H](C(C)C)C(=O)N2)c(OC)c1. The summed E-state index contributed by atoms with van der Waals surface area (Å²) in [7, 11) is 4.86. The highest BCUT2D eigenvalue weighted by Gasteiger charge is 2.33. The summed E-state index contributed by atoms with van der Waals surface area (Å²) in [6.07, 6.45) is 5.18. The van der Waals surface area contributed by atoms with Crippen molar-refractivity contribution in [1.82, 2.24) is 10.2 Å². The number of amides is 2. The number of likely N-dealkylation sites (N-methyl/N-ethyl adjacent to an activating group) is 1. The number of nitrogens with one attached hydrogen (secondary N) is 1. The van der Waals surface area contributed by atoms with Crippen LogP contribution in [0.2, 0.25) is 0 Å². The molecule has 2 aromatic carbocycles. The molecule has 0 bridgehead atoms. The summed E-state index contributed by atoms with van der Waals surface area (Å²) < 4.78 is 17.1. The van der Waals surface area contributed by atoms with Gasteiger partial charge in [0.2, 0.25) is 5.91 Å². The first-order valence-electron chi connectivity index (χ1n) is 12.0. The van der Waals surface area contributed by atoms with Crippen molar-refractivity contribution < 1.29 is 23.8 Å². The van der Waals surface area contributed by atoms with Gasteiger partial charge in [-0.05, 0) is 43.5 Å². The van der Waals surface area contributed by atoms with Gasteiger partial charge in [-0.3, -0.25) is 9.59 Å². The van der Waals surface area contributed by atoms with Crippen LogP contribution in [0.1, 0.15) is 55.6 Å². The Balaban J connectivity index is 2.04. The van der Waals surface area contributed by atoms with Crippen LogP contribution in [0.25, 0.3) is 0 Å². The Morgan fingerprint density at radius 1 is 1.03 bits per heavy atom. The molecule has 0 fully saturated rings. The molecular formula is C28H36N2O5. The fraction of sp³-hybridized carbons (Fsp3) is 0.429. The van der Waals surface area contributed by atoms with Crippen LogP contribution in [0.5, 0.6) is 17.2 Å². The molecule has 188 valence electrons. The normalized spacial score (nSPS) is 22.5. The van der Waals surface area contributed by atoms with E-state index < -0.39 is 6.04 Å². The van der Waals surface area contributed by atoms with Crippen molar-refractivity contribution in [3.05, 3.63) is 65.7 Å². The highest BCUT2D eigenvalue weighted by atomic mass is 16.5. The van der Waals surface area contributed by atoms with Gasteiger partial charge < -0.3 is 24.4 Å². The van der Waals surface area contributed by atoms with Crippen LogP contribution in [-0.4, -0.2) is 50.1 Å². The summed E-state index contributed by atoms with van der Waals surface area (Å²) in [6.45, 7) is 5.85. The van der Waals surface area contributed by atoms with Crippen LogP contribution in [0.15, 0.2) is 54.6 Å². The number of ether oxygens (including phenoxy) is 3. The molecule has 1 aliphatic heterocycles. The van der Waals surface area contributed by atoms with Gasteiger partial charge in [0.15, 0.2) is 0 Å². The first kappa shape index (κ1) is 26.1. The molecule has 35 heavy (non-hydrogen) atoms. The smallest absolute Gasteiger partial charge is 0.258 e. The molecule has 0 spiro atoms. The Bertz CT molecular complexity index is 1070. The van der Waals surface area contributed by atoms with E-state index in [0.717, 1.165) is 5.56 Å². The van der Waals surface area contributed by atoms with E-state index in [9.17, 15) is 9.59 Å². The van der Waals surface area contributed by atoms with E-state index in [4.69, 9.17) is 14.2 Å². The summed E-state index contributed by atoms with van der Waals surface area (Å²) >= 11 is 0. The molecule has 3 atom stereocenters. The van der Waals surface area contributed by atoms with E-state index in [1.54, 1.807) is 45.5 Å². The molecule has 0 radical (unpaired) electrons. The highest BCUT2D eigenvalue weighted by molar-refractivity contribution is 5.99. The molecular weight excluding hydrogens is 444 g/mol. The van der Waals surface area contributed by atoms with Gasteiger partial charge in [0, 0.05) is 25.1 Å². The molecule has 0 saturated heterocycles. The fourth-order valence-electron chi connectivity index (χ4n) is 4.40. The molecule has 1 heterocycles. The number of methoxy groups -OCH3 is 2. The van der Waals surface area contributed by atoms with Gasteiger partial charge in [0.1, 0.15) is 23.3 Å². The maximum Gasteiger partial charge on any atom is 0.258 e. The summed E-state index contributed by atoms with van der Waals surface area (Å²) in [5, 5.41) is 3.18. The second kappa shape index (κ2) is 11.8. The lowest BCUT2D eigenvalue weighted by atomic mass is 9.97. The lowest BCUT2D eigenvalue weighted by Gasteiger charge is -2.32. The molecule has 0 unspecified atom stereocenters. The number of carbonyl (C=O) groups is 2. The Morgan fingerprint density at radius 3 is 2.43 bits per heavy atom. The third-order valence-corrected chi connectivity index (χ3v) is 6.22. The number of nitrogens with zero attached hydrogens (tertiary/aromatic N) is 1. The summed E-state index contributed by atoms with van der Waals surface area (Å²) in [5.74, 6) is 1.22. The molecule has 7 nitrogen and oxygen atoms in total. The van der Waals surface area contributed by atoms with Gasteiger partial charge in [0.25, 0.3) is 5.91 Å². The quantitative estimate of drug-likeness (QED) is 0.638. The zero-order valence-electron chi connectivity index (χ0n) is 21.4. The predicted molar refractivity (Wildman–Crippen MR) is 136 cm³/mol. The van der Waals surface area contributed by atoms with Crippen molar-refractivity contribution in [3.63, 3.8) is 0 Å². The van der Waals surface area contributed by atoms with Gasteiger partial charge in [-0.2, -0.15) is 0 Å². The average molecular weight is 481 g/mol. The van der Waals surface area contributed by atoms with Crippen LogP contribution in [-0.2, 0) is 4.79 Å². The van der Waals surface area contributed by atoms with E-state index in [-0.39, 0.29) is 29.9 Å². The van der Waals surface area contributed by atoms with Gasteiger partial charge in [-0.15, -0.1) is 0 Å². The van der Waals surface area contributed by atoms with E-state index >= 15 is 0 Å². The second-order valence-corrected chi connectivity index (χ2v) is 9.14. The van der Waals surface area contributed by atoms with Crippen LogP contribution in [0, 0.1) is 5.92 Å². The van der Waals surface area contributed by atoms with Crippen molar-refractivity contribution in [2.75, 3.05) is 21.3 Å². The van der Waals surface area contributed by atoms with Gasteiger partial charge in [-0.1, -0.05) is 38.1 Å². The predicted octanol–water partition coefficient (Wildman–Crippen LogP) is 4.78. The van der Waals surface area contributed by atoms with Crippen molar-refractivity contribution >= 4 is 11.8 Å². The zero-order valence-corrected chi connectivity index (χ0v) is 21.4. The molecule has 7 heteroatoms. The summed E-state index contributed by atoms with van der Waals surface area (Å²) in [6, 6.07) is 11.7. The lowest BCUT2D eigenvalue weighted by Crippen LogP contribution is -2.51. The van der Waals surface area contributed by atoms with Crippen LogP contribution >= 0.6 is 0 Å². The minimum atomic E-state index is -0.674. The molecule has 3 rings (SSSR count). The largest absolute Gasteiger partial charge is 0.497 e. The summed E-state index contributed by atoms with van der Waals surface area (Å²) in [4.78, 5) is 28.7. The van der Waals surface area contributed by atoms with Crippen molar-refractivity contribution in [3.8, 4) is 17.2 Å². The van der Waals surface area contributed by atoms with Crippen LogP contribution in [0.3, 0.4) is 0 Å². The minimum Gasteiger partial charge on any atom is -0.497 e. The number of benzene rings is 2. The highest BCUT2D eigenvalue weighted by Crippen LogP contribution is 2.32. The monoisotopic (exact) mass is 480 g/mol. The van der Waals surface area contributed by atoms with E-state index in [1.165, 1.54) is 4.90 Å². The van der Waals surface area contributed by atoms with Crippen LogP contribution < -0.4 is 19.5 Å². The van der Waals surface area contributed by atoms with Gasteiger partial charge >= 0.3 is 0 Å². The molecule has 1 aliphatic rings. The molecule has 0 aliphatic carbocycles. The Kier molecular flexibility index (Phi) is 8.79. The number of carbonyl (C=O) groups excluding carboxylic acids is 2. The standard InChI is InChI=1S/C28H36N2O5/c1-18(2)26-27(31)29-23(21-16-15-20(33-5)17-25(21)34-6)13-9-7-11-19(3)35-24-14-10-8-12-22(24)28(32)30(26)4/h7-10,12,14-19,23,26H,11,13H2,1-6H3,(H,29,31)/b9-7-/t19-,23+,26-/m0/s1. The number of hydrogen-bond donors (Lipinski definition) is 1. The number of rotatable bonds is 4. The lowest BCUT2D eigenvalue weighted by molar-refractivity contribution is -0.127. The maximum absolute atomic E-state index is 13.6. The molecule has 0 saturated carbocycles. The first-order chi connectivity index (χ1) is 16.8. The Morgan fingerprint density at radius 2 is 1.74 bits per heavy atom. The third kappa shape index (κ3) is 6.15. The zero-order chi connectivity index (χ0) is 25.5. The number of para-hydroxylation sites is 1. The van der Waals surface area contributed by atoms with Crippen molar-refractivity contribution in [2.45, 2.75) is 51.8 Å². The Labute approximate surface area is 208 Å². The van der Waals surface area contributed by atoms with E-state index in [1.807, 2.05) is 51.1 Å². The molecule has 2 amide bonds.